The summed E-state index contributed by atoms with van der Waals surface area (Å²) < 4.78 is 35.7. The van der Waals surface area contributed by atoms with E-state index in [9.17, 15) is 18.4 Å². The Kier molecular flexibility index (Phi) is 8.44. The van der Waals surface area contributed by atoms with Crippen molar-refractivity contribution >= 4 is 35.7 Å². The van der Waals surface area contributed by atoms with Crippen LogP contribution in [0.2, 0.25) is 0 Å². The third-order valence-corrected chi connectivity index (χ3v) is 8.49. The average Bonchev–Trinajstić information content (AvgIpc) is 3.70. The van der Waals surface area contributed by atoms with E-state index in [1.807, 2.05) is 17.9 Å². The second-order valence-corrected chi connectivity index (χ2v) is 11.3. The lowest BCUT2D eigenvalue weighted by atomic mass is 10.1. The molecule has 4 aromatic rings. The molecule has 0 radical (unpaired) electrons. The normalized spacial score (nSPS) is 18.3. The molecule has 2 saturated heterocycles. The van der Waals surface area contributed by atoms with Gasteiger partial charge >= 0.3 is 0 Å². The summed E-state index contributed by atoms with van der Waals surface area (Å²) in [6, 6.07) is 8.48. The highest BCUT2D eigenvalue weighted by Crippen LogP contribution is 2.32. The van der Waals surface area contributed by atoms with Crippen molar-refractivity contribution in [2.75, 3.05) is 45.2 Å². The highest BCUT2D eigenvalue weighted by atomic mass is 19.2. The minimum atomic E-state index is -1.07. The van der Waals surface area contributed by atoms with Gasteiger partial charge in [0.1, 0.15) is 0 Å². The fourth-order valence-electron chi connectivity index (χ4n) is 5.97. The van der Waals surface area contributed by atoms with E-state index in [-0.39, 0.29) is 35.2 Å². The van der Waals surface area contributed by atoms with Crippen LogP contribution in [0.5, 0.6) is 5.75 Å². The van der Waals surface area contributed by atoms with Crippen molar-refractivity contribution in [3.8, 4) is 17.0 Å². The van der Waals surface area contributed by atoms with Crippen molar-refractivity contribution in [3.05, 3.63) is 71.7 Å². The molecule has 11 nitrogen and oxygen atoms in total. The second-order valence-electron chi connectivity index (χ2n) is 11.3. The predicted molar refractivity (Wildman–Crippen MR) is 166 cm³/mol. The van der Waals surface area contributed by atoms with Crippen molar-refractivity contribution in [2.45, 2.75) is 31.8 Å². The quantitative estimate of drug-likeness (QED) is 0.289. The number of carbonyl (C=O) groups is 2. The minimum absolute atomic E-state index is 0.0342. The van der Waals surface area contributed by atoms with E-state index in [4.69, 9.17) is 4.74 Å². The van der Waals surface area contributed by atoms with Gasteiger partial charge < -0.3 is 25.2 Å². The molecule has 1 unspecified atom stereocenters. The Morgan fingerprint density at radius 1 is 1.11 bits per heavy atom. The van der Waals surface area contributed by atoms with E-state index in [0.29, 0.717) is 61.0 Å². The number of ether oxygens (including phenoxy) is 1. The Hall–Kier alpha value is -4.91. The molecule has 2 N–H and O–H groups in total. The fourth-order valence-corrected chi connectivity index (χ4v) is 5.97. The number of methoxy groups -OCH3 is 1. The van der Waals surface area contributed by atoms with Gasteiger partial charge in [-0.05, 0) is 56.0 Å². The number of rotatable bonds is 8. The lowest BCUT2D eigenvalue weighted by molar-refractivity contribution is -0.133. The number of imidazole rings is 1. The summed E-state index contributed by atoms with van der Waals surface area (Å²) in [6.07, 6.45) is 5.84. The molecular weight excluding hydrogens is 582 g/mol. The first-order valence-electron chi connectivity index (χ1n) is 14.8. The second kappa shape index (κ2) is 12.6. The molecule has 0 aliphatic carbocycles. The van der Waals surface area contributed by atoms with Crippen LogP contribution in [0.1, 0.15) is 28.8 Å². The highest BCUT2D eigenvalue weighted by molar-refractivity contribution is 5.96. The van der Waals surface area contributed by atoms with Crippen LogP contribution in [-0.2, 0) is 4.79 Å². The fraction of sp³-hybridized carbons (Fsp3) is 0.344. The van der Waals surface area contributed by atoms with Gasteiger partial charge in [0, 0.05) is 74.4 Å². The van der Waals surface area contributed by atoms with Crippen LogP contribution in [0, 0.1) is 18.6 Å². The van der Waals surface area contributed by atoms with Gasteiger partial charge in [0.2, 0.25) is 11.7 Å². The van der Waals surface area contributed by atoms with Gasteiger partial charge in [0.15, 0.2) is 23.0 Å². The molecule has 4 heterocycles. The number of anilines is 2. The molecule has 2 atom stereocenters. The molecule has 6 rings (SSSR count). The molecule has 45 heavy (non-hydrogen) atoms. The average molecular weight is 617 g/mol. The van der Waals surface area contributed by atoms with Crippen molar-refractivity contribution < 1.29 is 23.1 Å². The molecule has 13 heteroatoms. The van der Waals surface area contributed by atoms with Gasteiger partial charge in [-0.15, -0.1) is 0 Å². The zero-order chi connectivity index (χ0) is 31.7. The Bertz CT molecular complexity index is 1770. The molecule has 2 aromatic carbocycles. The Labute approximate surface area is 258 Å². The first-order chi connectivity index (χ1) is 21.8. The van der Waals surface area contributed by atoms with Gasteiger partial charge in [-0.1, -0.05) is 0 Å². The third-order valence-electron chi connectivity index (χ3n) is 8.49. The first kappa shape index (κ1) is 30.1. The summed E-state index contributed by atoms with van der Waals surface area (Å²) in [5.41, 5.74) is 2.82. The molecule has 0 saturated carbocycles. The number of aliphatic imine (C=N–C) groups is 1. The molecule has 2 aliphatic rings. The van der Waals surface area contributed by atoms with Crippen LogP contribution in [0.3, 0.4) is 0 Å². The number of hydrogen-bond donors (Lipinski definition) is 2. The maximum absolute atomic E-state index is 14.8. The number of piperazine rings is 1. The van der Waals surface area contributed by atoms with Gasteiger partial charge in [0.05, 0.1) is 25.0 Å². The first-order valence-corrected chi connectivity index (χ1v) is 14.8. The van der Waals surface area contributed by atoms with Crippen LogP contribution in [0.25, 0.3) is 16.9 Å². The molecule has 2 aliphatic heterocycles. The van der Waals surface area contributed by atoms with Gasteiger partial charge in [0.25, 0.3) is 5.91 Å². The number of halogens is 2. The number of nitrogens with one attached hydrogen (secondary N) is 2. The van der Waals surface area contributed by atoms with Crippen LogP contribution < -0.4 is 15.4 Å². The zero-order valence-electron chi connectivity index (χ0n) is 25.1. The number of hydrogen-bond acceptors (Lipinski definition) is 8. The van der Waals surface area contributed by atoms with Crippen LogP contribution >= 0.6 is 0 Å². The Morgan fingerprint density at radius 2 is 1.89 bits per heavy atom. The van der Waals surface area contributed by atoms with E-state index < -0.39 is 11.6 Å². The lowest BCUT2D eigenvalue weighted by Gasteiger charge is -2.35. The number of fused-ring (bicyclic) bond motifs is 1. The van der Waals surface area contributed by atoms with Crippen LogP contribution in [0.15, 0.2) is 53.9 Å². The van der Waals surface area contributed by atoms with Gasteiger partial charge in [-0.25, -0.2) is 14.4 Å². The lowest BCUT2D eigenvalue weighted by Crippen LogP contribution is -2.51. The summed E-state index contributed by atoms with van der Waals surface area (Å²) in [7, 11) is 1.28. The number of carbonyl (C=O) groups excluding carboxylic acids is 2. The minimum Gasteiger partial charge on any atom is -0.494 e. The van der Waals surface area contributed by atoms with Gasteiger partial charge in [-0.2, -0.15) is 4.39 Å². The van der Waals surface area contributed by atoms with Crippen LogP contribution in [-0.4, -0.2) is 94.6 Å². The summed E-state index contributed by atoms with van der Waals surface area (Å²) in [5.74, 6) is -1.89. The summed E-state index contributed by atoms with van der Waals surface area (Å²) in [6.45, 7) is 8.13. The topological polar surface area (TPSA) is 116 Å². The third kappa shape index (κ3) is 5.95. The number of benzene rings is 2. The van der Waals surface area contributed by atoms with Crippen molar-refractivity contribution in [2.24, 2.45) is 4.99 Å². The molecule has 2 fully saturated rings. The highest BCUT2D eigenvalue weighted by Gasteiger charge is 2.30. The number of aromatic nitrogens is 3. The maximum atomic E-state index is 14.8. The summed E-state index contributed by atoms with van der Waals surface area (Å²) in [5, 5.41) is 6.57. The largest absolute Gasteiger partial charge is 0.494 e. The van der Waals surface area contributed by atoms with E-state index >= 15 is 0 Å². The molecule has 0 spiro atoms. The smallest absolute Gasteiger partial charge is 0.254 e. The van der Waals surface area contributed by atoms with E-state index in [0.717, 1.165) is 18.5 Å². The van der Waals surface area contributed by atoms with E-state index in [1.54, 1.807) is 27.6 Å². The SMILES string of the molecule is C=N[C@H]1CNC(CC(=O)N2CCN(C(=O)c3ccc(Nc4nccn5c(-c6ccc(OC)c(F)c6F)cnc45)cc3C)CC2)C1. The Balaban J connectivity index is 1.11. The number of amides is 2. The van der Waals surface area contributed by atoms with Crippen molar-refractivity contribution in [1.29, 1.82) is 0 Å². The molecular formula is C32H34F2N8O3. The number of nitrogens with zero attached hydrogens (tertiary/aromatic N) is 6. The molecule has 2 aromatic heterocycles. The Morgan fingerprint density at radius 3 is 2.60 bits per heavy atom. The van der Waals surface area contributed by atoms with E-state index in [1.165, 1.54) is 31.6 Å². The summed E-state index contributed by atoms with van der Waals surface area (Å²) in [4.78, 5) is 42.7. The van der Waals surface area contributed by atoms with Crippen molar-refractivity contribution in [1.82, 2.24) is 29.5 Å². The number of aryl methyl sites for hydroxylation is 1. The molecule has 2 amide bonds. The monoisotopic (exact) mass is 616 g/mol. The van der Waals surface area contributed by atoms with E-state index in [2.05, 4.69) is 32.3 Å². The maximum Gasteiger partial charge on any atom is 0.254 e. The van der Waals surface area contributed by atoms with Gasteiger partial charge in [-0.3, -0.25) is 19.0 Å². The van der Waals surface area contributed by atoms with Crippen molar-refractivity contribution in [3.63, 3.8) is 0 Å². The molecule has 0 bridgehead atoms. The predicted octanol–water partition coefficient (Wildman–Crippen LogP) is 3.84. The zero-order valence-corrected chi connectivity index (χ0v) is 25.1. The van der Waals surface area contributed by atoms with Crippen LogP contribution in [0.4, 0.5) is 20.3 Å². The molecule has 234 valence electrons. The summed E-state index contributed by atoms with van der Waals surface area (Å²) >= 11 is 0. The standard InChI is InChI=1S/C32H34F2N8O3/c1-19-14-20(39-30-31-38-18-25(42(31)9-8-36-30)24-6-7-26(45-3)29(34)28(24)33)4-5-23(19)32(44)41-12-10-40(11-13-41)27(43)16-21-15-22(35-2)17-37-21/h4-9,14,18,21-22,37H,2,10-13,15-17H2,1,3H3,(H,36,39)/t21?,22-/m1/s1.